The first-order valence-corrected chi connectivity index (χ1v) is 14.1. The van der Waals surface area contributed by atoms with Gasteiger partial charge in [-0.3, -0.25) is 9.69 Å². The fraction of sp³-hybridized carbons (Fsp3) is 0.360. The van der Waals surface area contributed by atoms with Crippen LogP contribution in [0, 0.1) is 0 Å². The topological polar surface area (TPSA) is 88.6 Å². The minimum atomic E-state index is -3.67. The van der Waals surface area contributed by atoms with E-state index in [0.717, 1.165) is 21.6 Å². The average Bonchev–Trinajstić information content (AvgIpc) is 3.41. The highest BCUT2D eigenvalue weighted by molar-refractivity contribution is 7.89. The molecule has 35 heavy (non-hydrogen) atoms. The Morgan fingerprint density at radius 2 is 2.03 bits per heavy atom. The zero-order valence-corrected chi connectivity index (χ0v) is 21.8. The Labute approximate surface area is 214 Å². The van der Waals surface area contributed by atoms with Crippen molar-refractivity contribution in [1.29, 1.82) is 0 Å². The number of allylic oxidation sites excluding steroid dienone is 1. The number of carbonyl (C=O) groups excluding carboxylic acids is 1. The number of likely N-dealkylation sites (tertiary alicyclic amines) is 1. The third-order valence-corrected chi connectivity index (χ3v) is 8.72. The van der Waals surface area contributed by atoms with Crippen LogP contribution in [0.4, 0.5) is 0 Å². The van der Waals surface area contributed by atoms with Crippen LogP contribution in [0.2, 0.25) is 5.02 Å². The molecule has 2 heterocycles. The number of carbonyl (C=O) groups is 1. The molecular weight excluding hydrogens is 506 g/mol. The lowest BCUT2D eigenvalue weighted by Crippen LogP contribution is -2.37. The number of hydrogen-bond donors (Lipinski definition) is 1. The van der Waals surface area contributed by atoms with Crippen LogP contribution in [-0.2, 0) is 26.1 Å². The van der Waals surface area contributed by atoms with Gasteiger partial charge in [-0.2, -0.15) is 0 Å². The maximum absolute atomic E-state index is 12.9. The van der Waals surface area contributed by atoms with Crippen LogP contribution in [0.15, 0.2) is 65.6 Å². The summed E-state index contributed by atoms with van der Waals surface area (Å²) >= 11 is 7.57. The number of benzene rings is 2. The number of halogens is 1. The Morgan fingerprint density at radius 3 is 2.77 bits per heavy atom. The zero-order chi connectivity index (χ0) is 24.8. The standard InChI is InChI=1S/C25H28ClN3O4S2/c1-33-25(30)10-4-2-3-7-20-15-19(28-35(31,32)21-13-11-18(26)12-14-21)16-29(20)17-24-27-22-8-5-6-9-23(22)34-24/h3,5-9,11-14,19-20,28H,2,4,10,15-17H2,1H3/b7-3-/t19-,20-/m1/s1. The predicted octanol–water partition coefficient (Wildman–Crippen LogP) is 4.77. The van der Waals surface area contributed by atoms with Gasteiger partial charge >= 0.3 is 5.97 Å². The van der Waals surface area contributed by atoms with Crippen LogP contribution >= 0.6 is 22.9 Å². The smallest absolute Gasteiger partial charge is 0.305 e. The van der Waals surface area contributed by atoms with Gasteiger partial charge in [0.05, 0.1) is 28.8 Å². The number of nitrogens with one attached hydrogen (secondary N) is 1. The second-order valence-electron chi connectivity index (χ2n) is 8.48. The van der Waals surface area contributed by atoms with Gasteiger partial charge in [-0.25, -0.2) is 18.1 Å². The third-order valence-electron chi connectivity index (χ3n) is 5.91. The van der Waals surface area contributed by atoms with Gasteiger partial charge in [-0.15, -0.1) is 11.3 Å². The van der Waals surface area contributed by atoms with E-state index in [-0.39, 0.29) is 22.9 Å². The number of methoxy groups -OCH3 is 1. The van der Waals surface area contributed by atoms with E-state index in [2.05, 4.69) is 27.8 Å². The molecular formula is C25H28ClN3O4S2. The van der Waals surface area contributed by atoms with Crippen molar-refractivity contribution in [3.63, 3.8) is 0 Å². The molecule has 0 amide bonds. The van der Waals surface area contributed by atoms with Crippen molar-refractivity contribution in [3.05, 3.63) is 70.7 Å². The molecule has 2 aromatic carbocycles. The largest absolute Gasteiger partial charge is 0.469 e. The summed E-state index contributed by atoms with van der Waals surface area (Å²) in [5.74, 6) is -0.214. The Balaban J connectivity index is 1.46. The van der Waals surface area contributed by atoms with E-state index in [1.54, 1.807) is 23.5 Å². The fourth-order valence-corrected chi connectivity index (χ4v) is 6.54. The van der Waals surface area contributed by atoms with Crippen LogP contribution in [0.25, 0.3) is 10.2 Å². The van der Waals surface area contributed by atoms with Crippen LogP contribution in [0.1, 0.15) is 30.7 Å². The number of rotatable bonds is 10. The number of fused-ring (bicyclic) bond motifs is 1. The molecule has 1 saturated heterocycles. The molecule has 1 N–H and O–H groups in total. The minimum absolute atomic E-state index is 0.0538. The Morgan fingerprint density at radius 1 is 1.26 bits per heavy atom. The van der Waals surface area contributed by atoms with E-state index in [9.17, 15) is 13.2 Å². The molecule has 0 unspecified atom stereocenters. The number of esters is 1. The molecule has 1 fully saturated rings. The lowest BCUT2D eigenvalue weighted by atomic mass is 10.1. The van der Waals surface area contributed by atoms with Crippen molar-refractivity contribution < 1.29 is 17.9 Å². The molecule has 0 radical (unpaired) electrons. The number of thiazole rings is 1. The predicted molar refractivity (Wildman–Crippen MR) is 139 cm³/mol. The van der Waals surface area contributed by atoms with Gasteiger partial charge < -0.3 is 4.74 Å². The first-order valence-electron chi connectivity index (χ1n) is 11.4. The van der Waals surface area contributed by atoms with Gasteiger partial charge in [-0.1, -0.05) is 35.9 Å². The van der Waals surface area contributed by atoms with Crippen molar-refractivity contribution in [3.8, 4) is 0 Å². The van der Waals surface area contributed by atoms with Gasteiger partial charge in [0.2, 0.25) is 10.0 Å². The third kappa shape index (κ3) is 6.89. The number of para-hydroxylation sites is 1. The highest BCUT2D eigenvalue weighted by atomic mass is 35.5. The monoisotopic (exact) mass is 533 g/mol. The van der Waals surface area contributed by atoms with Crippen molar-refractivity contribution in [2.45, 2.75) is 49.2 Å². The molecule has 0 bridgehead atoms. The molecule has 1 aromatic heterocycles. The second kappa shape index (κ2) is 11.6. The van der Waals surface area contributed by atoms with Crippen molar-refractivity contribution >= 4 is 49.1 Å². The molecule has 7 nitrogen and oxygen atoms in total. The fourth-order valence-electron chi connectivity index (χ4n) is 4.18. The summed E-state index contributed by atoms with van der Waals surface area (Å²) in [6, 6.07) is 14.0. The first kappa shape index (κ1) is 25.8. The summed E-state index contributed by atoms with van der Waals surface area (Å²) in [6.07, 6.45) is 6.66. The van der Waals surface area contributed by atoms with Crippen LogP contribution in [0.3, 0.4) is 0 Å². The number of aromatic nitrogens is 1. The normalized spacial score (nSPS) is 19.0. The zero-order valence-electron chi connectivity index (χ0n) is 19.4. The summed E-state index contributed by atoms with van der Waals surface area (Å²) in [4.78, 5) is 18.5. The van der Waals surface area contributed by atoms with Crippen molar-refractivity contribution in [2.75, 3.05) is 13.7 Å². The van der Waals surface area contributed by atoms with Gasteiger partial charge in [0, 0.05) is 30.1 Å². The van der Waals surface area contributed by atoms with E-state index in [1.807, 2.05) is 18.2 Å². The van der Waals surface area contributed by atoms with E-state index < -0.39 is 10.0 Å². The number of ether oxygens (including phenoxy) is 1. The summed E-state index contributed by atoms with van der Waals surface area (Å²) in [5.41, 5.74) is 0.974. The molecule has 0 spiro atoms. The second-order valence-corrected chi connectivity index (χ2v) is 11.7. The molecule has 1 aliphatic heterocycles. The SMILES string of the molecule is COC(=O)CCC/C=C\[C@@H]1C[C@@H](NS(=O)(=O)c2ccc(Cl)cc2)CN1Cc1nc2ccccc2s1. The van der Waals surface area contributed by atoms with Crippen molar-refractivity contribution in [2.24, 2.45) is 0 Å². The number of nitrogens with zero attached hydrogens (tertiary/aromatic N) is 2. The maximum atomic E-state index is 12.9. The van der Waals surface area contributed by atoms with Gasteiger partial charge in [0.25, 0.3) is 0 Å². The molecule has 0 aliphatic carbocycles. The van der Waals surface area contributed by atoms with Gasteiger partial charge in [0.1, 0.15) is 5.01 Å². The van der Waals surface area contributed by atoms with E-state index in [0.29, 0.717) is 37.4 Å². The Bertz CT molecular complexity index is 1260. The van der Waals surface area contributed by atoms with Gasteiger partial charge in [0.15, 0.2) is 0 Å². The highest BCUT2D eigenvalue weighted by Gasteiger charge is 2.33. The number of unbranched alkanes of at least 4 members (excludes halogenated alkanes) is 1. The first-order chi connectivity index (χ1) is 16.8. The summed E-state index contributed by atoms with van der Waals surface area (Å²) < 4.78 is 34.6. The van der Waals surface area contributed by atoms with E-state index in [4.69, 9.17) is 21.3 Å². The average molecular weight is 534 g/mol. The molecule has 0 saturated carbocycles. The molecule has 2 atom stereocenters. The van der Waals surface area contributed by atoms with E-state index >= 15 is 0 Å². The van der Waals surface area contributed by atoms with Crippen LogP contribution in [0.5, 0.6) is 0 Å². The minimum Gasteiger partial charge on any atom is -0.469 e. The molecule has 186 valence electrons. The summed E-state index contributed by atoms with van der Waals surface area (Å²) in [6.45, 7) is 1.20. The molecule has 10 heteroatoms. The Kier molecular flexibility index (Phi) is 8.56. The van der Waals surface area contributed by atoms with Crippen LogP contribution in [-0.4, -0.2) is 50.0 Å². The summed E-state index contributed by atoms with van der Waals surface area (Å²) in [5, 5.41) is 1.49. The lowest BCUT2D eigenvalue weighted by molar-refractivity contribution is -0.140. The van der Waals surface area contributed by atoms with Crippen LogP contribution < -0.4 is 4.72 Å². The Hall–Kier alpha value is -2.30. The maximum Gasteiger partial charge on any atom is 0.305 e. The highest BCUT2D eigenvalue weighted by Crippen LogP contribution is 2.28. The number of hydrogen-bond acceptors (Lipinski definition) is 7. The molecule has 3 aromatic rings. The lowest BCUT2D eigenvalue weighted by Gasteiger charge is -2.20. The number of sulfonamides is 1. The quantitative estimate of drug-likeness (QED) is 0.229. The van der Waals surface area contributed by atoms with Crippen molar-refractivity contribution in [1.82, 2.24) is 14.6 Å². The van der Waals surface area contributed by atoms with Gasteiger partial charge in [-0.05, 0) is 55.7 Å². The summed E-state index contributed by atoms with van der Waals surface area (Å²) in [7, 11) is -2.28. The van der Waals surface area contributed by atoms with E-state index in [1.165, 1.54) is 19.2 Å². The molecule has 4 rings (SSSR count). The molecule has 1 aliphatic rings.